The third kappa shape index (κ3) is 5.38. The molecule has 0 spiro atoms. The van der Waals surface area contributed by atoms with E-state index >= 15 is 0 Å². The van der Waals surface area contributed by atoms with Crippen molar-refractivity contribution in [2.24, 2.45) is 5.41 Å². The van der Waals surface area contributed by atoms with Crippen LogP contribution in [0.5, 0.6) is 0 Å². The van der Waals surface area contributed by atoms with Crippen LogP contribution in [0.1, 0.15) is 26.3 Å². The maximum atomic E-state index is 13.5. The topological polar surface area (TPSA) is 57.6 Å². The van der Waals surface area contributed by atoms with Gasteiger partial charge < -0.3 is 10.0 Å². The zero-order valence-corrected chi connectivity index (χ0v) is 12.0. The second-order valence-electron chi connectivity index (χ2n) is 5.97. The summed E-state index contributed by atoms with van der Waals surface area (Å²) >= 11 is 0. The number of halogens is 1. The first-order valence-corrected chi connectivity index (χ1v) is 6.42. The average Bonchev–Trinajstić information content (AvgIpc) is 2.28. The molecule has 5 heteroatoms. The Bertz CT molecular complexity index is 494. The first-order valence-electron chi connectivity index (χ1n) is 6.42. The van der Waals surface area contributed by atoms with Crippen LogP contribution in [0.2, 0.25) is 0 Å². The van der Waals surface area contributed by atoms with Crippen LogP contribution in [-0.4, -0.2) is 35.0 Å². The number of rotatable bonds is 5. The molecule has 4 nitrogen and oxygen atoms in total. The van der Waals surface area contributed by atoms with E-state index in [2.05, 4.69) is 0 Å². The van der Waals surface area contributed by atoms with Crippen LogP contribution < -0.4 is 0 Å². The van der Waals surface area contributed by atoms with Crippen molar-refractivity contribution in [3.63, 3.8) is 0 Å². The summed E-state index contributed by atoms with van der Waals surface area (Å²) in [5.41, 5.74) is 0.0576. The Balaban J connectivity index is 2.83. The molecule has 1 N–H and O–H groups in total. The highest BCUT2D eigenvalue weighted by Gasteiger charge is 2.23. The highest BCUT2D eigenvalue weighted by molar-refractivity contribution is 5.83. The standard InChI is InChI=1S/C15H20FNO3/c1-15(2,3)10-17(9-14(19)20)13(18)8-11-6-4-5-7-12(11)16/h4-7H,8-10H2,1-3H3,(H,19,20). The van der Waals surface area contributed by atoms with Crippen LogP contribution >= 0.6 is 0 Å². The van der Waals surface area contributed by atoms with E-state index in [0.717, 1.165) is 0 Å². The molecule has 1 rings (SSSR count). The van der Waals surface area contributed by atoms with Crippen molar-refractivity contribution in [2.75, 3.05) is 13.1 Å². The molecule has 0 aromatic heterocycles. The van der Waals surface area contributed by atoms with Gasteiger partial charge in [0.15, 0.2) is 0 Å². The highest BCUT2D eigenvalue weighted by Crippen LogP contribution is 2.16. The molecule has 0 fully saturated rings. The number of hydrogen-bond donors (Lipinski definition) is 1. The number of carbonyl (C=O) groups is 2. The van der Waals surface area contributed by atoms with E-state index in [1.807, 2.05) is 20.8 Å². The third-order valence-corrected chi connectivity index (χ3v) is 2.64. The van der Waals surface area contributed by atoms with E-state index in [4.69, 9.17) is 5.11 Å². The SMILES string of the molecule is CC(C)(C)CN(CC(=O)O)C(=O)Cc1ccccc1F. The van der Waals surface area contributed by atoms with Crippen molar-refractivity contribution >= 4 is 11.9 Å². The fraction of sp³-hybridized carbons (Fsp3) is 0.467. The normalized spacial score (nSPS) is 11.2. The Kier molecular flexibility index (Phi) is 5.25. The zero-order chi connectivity index (χ0) is 15.3. The summed E-state index contributed by atoms with van der Waals surface area (Å²) in [5.74, 6) is -1.91. The summed E-state index contributed by atoms with van der Waals surface area (Å²) in [7, 11) is 0. The van der Waals surface area contributed by atoms with Gasteiger partial charge in [-0.1, -0.05) is 39.0 Å². The van der Waals surface area contributed by atoms with E-state index in [1.54, 1.807) is 12.1 Å². The number of hydrogen-bond acceptors (Lipinski definition) is 2. The Labute approximate surface area is 118 Å². The Morgan fingerprint density at radius 1 is 1.25 bits per heavy atom. The van der Waals surface area contributed by atoms with Gasteiger partial charge in [0.05, 0.1) is 6.42 Å². The molecule has 0 aliphatic rings. The van der Waals surface area contributed by atoms with E-state index in [0.29, 0.717) is 6.54 Å². The second-order valence-corrected chi connectivity index (χ2v) is 5.97. The summed E-state index contributed by atoms with van der Waals surface area (Å²) in [4.78, 5) is 24.3. The van der Waals surface area contributed by atoms with Crippen molar-refractivity contribution < 1.29 is 19.1 Å². The Morgan fingerprint density at radius 3 is 2.35 bits per heavy atom. The molecule has 0 unspecified atom stereocenters. The summed E-state index contributed by atoms with van der Waals surface area (Å²) < 4.78 is 13.5. The Hall–Kier alpha value is -1.91. The van der Waals surface area contributed by atoms with Gasteiger partial charge in [0.25, 0.3) is 0 Å². The first kappa shape index (κ1) is 16.1. The summed E-state index contributed by atoms with van der Waals surface area (Å²) in [6, 6.07) is 6.02. The van der Waals surface area contributed by atoms with Crippen LogP contribution in [0.15, 0.2) is 24.3 Å². The molecule has 0 bridgehead atoms. The molecule has 110 valence electrons. The molecule has 0 radical (unpaired) electrons. The lowest BCUT2D eigenvalue weighted by Gasteiger charge is -2.29. The number of benzene rings is 1. The summed E-state index contributed by atoms with van der Waals surface area (Å²) in [6.45, 7) is 5.69. The van der Waals surface area contributed by atoms with Crippen molar-refractivity contribution in [3.05, 3.63) is 35.6 Å². The van der Waals surface area contributed by atoms with Crippen molar-refractivity contribution in [2.45, 2.75) is 27.2 Å². The summed E-state index contributed by atoms with van der Waals surface area (Å²) in [5, 5.41) is 8.88. The van der Waals surface area contributed by atoms with Crippen molar-refractivity contribution in [1.82, 2.24) is 4.90 Å². The van der Waals surface area contributed by atoms with Gasteiger partial charge in [-0.05, 0) is 17.0 Å². The summed E-state index contributed by atoms with van der Waals surface area (Å²) in [6.07, 6.45) is -0.129. The fourth-order valence-electron chi connectivity index (χ4n) is 1.88. The molecule has 0 aliphatic carbocycles. The molecule has 1 aromatic rings. The minimum atomic E-state index is -1.07. The molecule has 1 amide bonds. The first-order chi connectivity index (χ1) is 9.19. The maximum absolute atomic E-state index is 13.5. The van der Waals surface area contributed by atoms with Crippen molar-refractivity contribution in [1.29, 1.82) is 0 Å². The Morgan fingerprint density at radius 2 is 1.85 bits per heavy atom. The van der Waals surface area contributed by atoms with Crippen molar-refractivity contribution in [3.8, 4) is 0 Å². The van der Waals surface area contributed by atoms with Gasteiger partial charge >= 0.3 is 5.97 Å². The monoisotopic (exact) mass is 281 g/mol. The van der Waals surface area contributed by atoms with E-state index in [9.17, 15) is 14.0 Å². The number of amides is 1. The number of nitrogens with zero attached hydrogens (tertiary/aromatic N) is 1. The van der Waals surface area contributed by atoms with Crippen LogP contribution in [0.25, 0.3) is 0 Å². The predicted molar refractivity (Wildman–Crippen MR) is 73.8 cm³/mol. The van der Waals surface area contributed by atoms with Gasteiger partial charge in [-0.15, -0.1) is 0 Å². The maximum Gasteiger partial charge on any atom is 0.323 e. The van der Waals surface area contributed by atoms with Gasteiger partial charge in [-0.2, -0.15) is 0 Å². The quantitative estimate of drug-likeness (QED) is 0.901. The van der Waals surface area contributed by atoms with Gasteiger partial charge in [0.1, 0.15) is 12.4 Å². The third-order valence-electron chi connectivity index (χ3n) is 2.64. The van der Waals surface area contributed by atoms with Crippen LogP contribution in [-0.2, 0) is 16.0 Å². The van der Waals surface area contributed by atoms with E-state index in [1.165, 1.54) is 17.0 Å². The fourth-order valence-corrected chi connectivity index (χ4v) is 1.88. The lowest BCUT2D eigenvalue weighted by atomic mass is 9.95. The highest BCUT2D eigenvalue weighted by atomic mass is 19.1. The molecular formula is C15H20FNO3. The molecule has 0 saturated heterocycles. The van der Waals surface area contributed by atoms with E-state index in [-0.39, 0.29) is 29.9 Å². The molecule has 0 heterocycles. The van der Waals surface area contributed by atoms with Gasteiger partial charge in [0.2, 0.25) is 5.91 Å². The van der Waals surface area contributed by atoms with E-state index < -0.39 is 11.8 Å². The minimum absolute atomic E-state index is 0.129. The molecule has 0 saturated carbocycles. The van der Waals surface area contributed by atoms with Gasteiger partial charge in [0, 0.05) is 6.54 Å². The largest absolute Gasteiger partial charge is 0.480 e. The molecular weight excluding hydrogens is 261 g/mol. The van der Waals surface area contributed by atoms with Crippen LogP contribution in [0.3, 0.4) is 0 Å². The lowest BCUT2D eigenvalue weighted by Crippen LogP contribution is -2.41. The molecule has 20 heavy (non-hydrogen) atoms. The van der Waals surface area contributed by atoms with Gasteiger partial charge in [-0.3, -0.25) is 9.59 Å². The van der Waals surface area contributed by atoms with Crippen LogP contribution in [0.4, 0.5) is 4.39 Å². The van der Waals surface area contributed by atoms with Crippen LogP contribution in [0, 0.1) is 11.2 Å². The smallest absolute Gasteiger partial charge is 0.323 e. The number of aliphatic carboxylic acids is 1. The molecule has 0 atom stereocenters. The average molecular weight is 281 g/mol. The lowest BCUT2D eigenvalue weighted by molar-refractivity contribution is -0.145. The van der Waals surface area contributed by atoms with Gasteiger partial charge in [-0.25, -0.2) is 4.39 Å². The minimum Gasteiger partial charge on any atom is -0.480 e. The number of carboxylic acid groups (broad SMARTS) is 1. The molecule has 0 aliphatic heterocycles. The zero-order valence-electron chi connectivity index (χ0n) is 12.0. The predicted octanol–water partition coefficient (Wildman–Crippen LogP) is 2.33. The second kappa shape index (κ2) is 6.50. The number of carbonyl (C=O) groups excluding carboxylic acids is 1. The molecule has 1 aromatic carbocycles. The number of carboxylic acids is 1.